The van der Waals surface area contributed by atoms with Gasteiger partial charge in [-0.1, -0.05) is 5.11 Å². The van der Waals surface area contributed by atoms with Crippen LogP contribution in [0.2, 0.25) is 0 Å². The fourth-order valence-corrected chi connectivity index (χ4v) is 1.04. The predicted molar refractivity (Wildman–Crippen MR) is 53.1 cm³/mol. The summed E-state index contributed by atoms with van der Waals surface area (Å²) in [4.78, 5) is 12.5. The highest BCUT2D eigenvalue weighted by molar-refractivity contribution is 5.59. The van der Waals surface area contributed by atoms with Gasteiger partial charge in [-0.15, -0.1) is 0 Å². The summed E-state index contributed by atoms with van der Waals surface area (Å²) in [5.74, 6) is 0.376. The van der Waals surface area contributed by atoms with Crippen LogP contribution in [0.15, 0.2) is 23.3 Å². The molecule has 0 aliphatic carbocycles. The summed E-state index contributed by atoms with van der Waals surface area (Å²) in [5.41, 5.74) is 7.92. The third-order valence-corrected chi connectivity index (χ3v) is 1.61. The molecule has 15 heavy (non-hydrogen) atoms. The molecular weight excluding hydrogens is 200 g/mol. The van der Waals surface area contributed by atoms with Crippen LogP contribution >= 0.6 is 0 Å². The van der Waals surface area contributed by atoms with Crippen LogP contribution in [0.3, 0.4) is 0 Å². The van der Waals surface area contributed by atoms with E-state index in [0.29, 0.717) is 12.4 Å². The Morgan fingerprint density at radius 1 is 1.67 bits per heavy atom. The van der Waals surface area contributed by atoms with Crippen molar-refractivity contribution >= 4 is 11.4 Å². The molecule has 0 aliphatic heterocycles. The Bertz CT molecular complexity index is 426. The van der Waals surface area contributed by atoms with Crippen molar-refractivity contribution < 1.29 is 9.66 Å². The lowest BCUT2D eigenvalue weighted by Gasteiger charge is -2.03. The first-order chi connectivity index (χ1) is 7.19. The first-order valence-electron chi connectivity index (χ1n) is 4.15. The van der Waals surface area contributed by atoms with E-state index in [1.165, 1.54) is 18.2 Å². The smallest absolute Gasteiger partial charge is 0.282 e. The van der Waals surface area contributed by atoms with Crippen LogP contribution in [0.25, 0.3) is 10.4 Å². The normalized spacial score (nSPS) is 9.13. The predicted octanol–water partition coefficient (Wildman–Crippen LogP) is 2.94. The Morgan fingerprint density at radius 2 is 2.40 bits per heavy atom. The summed E-state index contributed by atoms with van der Waals surface area (Å²) in [7, 11) is 0. The fourth-order valence-electron chi connectivity index (χ4n) is 1.04. The van der Waals surface area contributed by atoms with Gasteiger partial charge >= 0.3 is 0 Å². The topological polar surface area (TPSA) is 101 Å². The van der Waals surface area contributed by atoms with Gasteiger partial charge in [-0.3, -0.25) is 10.1 Å². The van der Waals surface area contributed by atoms with Crippen molar-refractivity contribution in [1.29, 1.82) is 0 Å². The first kappa shape index (κ1) is 10.8. The molecule has 1 aromatic rings. The zero-order valence-corrected chi connectivity index (χ0v) is 7.95. The summed E-state index contributed by atoms with van der Waals surface area (Å²) in [6, 6.07) is 4.09. The van der Waals surface area contributed by atoms with E-state index in [2.05, 4.69) is 10.0 Å². The summed E-state index contributed by atoms with van der Waals surface area (Å²) < 4.78 is 5.09. The molecule has 0 radical (unpaired) electrons. The van der Waals surface area contributed by atoms with E-state index in [-0.39, 0.29) is 11.4 Å². The van der Waals surface area contributed by atoms with Crippen molar-refractivity contribution in [1.82, 2.24) is 0 Å². The second-order valence-corrected chi connectivity index (χ2v) is 2.53. The van der Waals surface area contributed by atoms with Gasteiger partial charge in [0.15, 0.2) is 0 Å². The highest BCUT2D eigenvalue weighted by Crippen LogP contribution is 2.31. The van der Waals surface area contributed by atoms with Crippen LogP contribution in [0.5, 0.6) is 5.75 Å². The Morgan fingerprint density at radius 3 is 2.93 bits per heavy atom. The van der Waals surface area contributed by atoms with Crippen LogP contribution in [0.1, 0.15) is 6.92 Å². The van der Waals surface area contributed by atoms with Gasteiger partial charge in [0.25, 0.3) is 5.69 Å². The van der Waals surface area contributed by atoms with Crippen molar-refractivity contribution in [2.75, 3.05) is 6.61 Å². The van der Waals surface area contributed by atoms with Crippen LogP contribution in [-0.2, 0) is 0 Å². The van der Waals surface area contributed by atoms with Gasteiger partial charge in [-0.2, -0.15) is 0 Å². The molecule has 7 heteroatoms. The summed E-state index contributed by atoms with van der Waals surface area (Å²) in [6.45, 7) is 2.19. The number of hydrogen-bond acceptors (Lipinski definition) is 4. The number of nitro groups is 1. The zero-order chi connectivity index (χ0) is 11.3. The molecule has 78 valence electrons. The number of benzene rings is 1. The standard InChI is InChI=1S/C8H8N4O3/c1-2-15-6-3-4-7(10-11-9)8(5-6)12(13)14/h3-5H,2H2,1H3. The Balaban J connectivity index is 3.20. The van der Waals surface area contributed by atoms with Crippen LogP contribution in [0.4, 0.5) is 11.4 Å². The number of hydrogen-bond donors (Lipinski definition) is 0. The van der Waals surface area contributed by atoms with Crippen LogP contribution in [0, 0.1) is 10.1 Å². The average molecular weight is 208 g/mol. The number of rotatable bonds is 4. The molecule has 0 heterocycles. The van der Waals surface area contributed by atoms with E-state index in [4.69, 9.17) is 10.3 Å². The maximum absolute atomic E-state index is 10.6. The Kier molecular flexibility index (Phi) is 3.48. The number of azide groups is 1. The van der Waals surface area contributed by atoms with Gasteiger partial charge in [-0.25, -0.2) is 0 Å². The summed E-state index contributed by atoms with van der Waals surface area (Å²) in [6.07, 6.45) is 0. The highest BCUT2D eigenvalue weighted by atomic mass is 16.6. The maximum atomic E-state index is 10.6. The molecule has 0 bridgehead atoms. The molecule has 0 spiro atoms. The van der Waals surface area contributed by atoms with Gasteiger partial charge in [0.1, 0.15) is 11.4 Å². The lowest BCUT2D eigenvalue weighted by molar-refractivity contribution is -0.384. The average Bonchev–Trinajstić information content (AvgIpc) is 2.21. The molecule has 0 saturated heterocycles. The van der Waals surface area contributed by atoms with Gasteiger partial charge in [-0.05, 0) is 24.6 Å². The van der Waals surface area contributed by atoms with Crippen molar-refractivity contribution in [3.05, 3.63) is 38.8 Å². The van der Waals surface area contributed by atoms with E-state index in [1.807, 2.05) is 0 Å². The summed E-state index contributed by atoms with van der Waals surface area (Å²) in [5, 5.41) is 13.8. The van der Waals surface area contributed by atoms with Crippen LogP contribution < -0.4 is 4.74 Å². The number of nitrogens with zero attached hydrogens (tertiary/aromatic N) is 4. The monoisotopic (exact) mass is 208 g/mol. The Labute approximate surface area is 85.1 Å². The molecule has 0 aromatic heterocycles. The second-order valence-electron chi connectivity index (χ2n) is 2.53. The zero-order valence-electron chi connectivity index (χ0n) is 7.95. The molecular formula is C8H8N4O3. The number of ether oxygens (including phenoxy) is 1. The molecule has 0 saturated carbocycles. The van der Waals surface area contributed by atoms with Gasteiger partial charge in [0.2, 0.25) is 0 Å². The third kappa shape index (κ3) is 2.58. The third-order valence-electron chi connectivity index (χ3n) is 1.61. The lowest BCUT2D eigenvalue weighted by atomic mass is 10.2. The number of nitro benzene ring substituents is 1. The first-order valence-corrected chi connectivity index (χ1v) is 4.15. The van der Waals surface area contributed by atoms with Crippen molar-refractivity contribution in [2.45, 2.75) is 6.92 Å². The second kappa shape index (κ2) is 4.83. The minimum absolute atomic E-state index is 0.0223. The quantitative estimate of drug-likeness (QED) is 0.250. The lowest BCUT2D eigenvalue weighted by Crippen LogP contribution is -1.93. The molecule has 0 fully saturated rings. The molecule has 1 rings (SSSR count). The summed E-state index contributed by atoms with van der Waals surface area (Å²) >= 11 is 0. The fraction of sp³-hybridized carbons (Fsp3) is 0.250. The molecule has 7 nitrogen and oxygen atoms in total. The minimum Gasteiger partial charge on any atom is -0.494 e. The molecule has 0 aliphatic rings. The van der Waals surface area contributed by atoms with E-state index in [1.54, 1.807) is 6.92 Å². The minimum atomic E-state index is -0.619. The van der Waals surface area contributed by atoms with Crippen molar-refractivity contribution in [2.24, 2.45) is 5.11 Å². The molecule has 0 N–H and O–H groups in total. The van der Waals surface area contributed by atoms with Crippen molar-refractivity contribution in [3.63, 3.8) is 0 Å². The largest absolute Gasteiger partial charge is 0.494 e. The Hall–Kier alpha value is -2.27. The molecule has 0 unspecified atom stereocenters. The van der Waals surface area contributed by atoms with Gasteiger partial charge < -0.3 is 4.74 Å². The van der Waals surface area contributed by atoms with Gasteiger partial charge in [0, 0.05) is 4.91 Å². The van der Waals surface area contributed by atoms with E-state index < -0.39 is 4.92 Å². The SMILES string of the molecule is CCOc1ccc(N=[N+]=[N-])c([N+](=O)[O-])c1. The highest BCUT2D eigenvalue weighted by Gasteiger charge is 2.13. The van der Waals surface area contributed by atoms with Crippen molar-refractivity contribution in [3.8, 4) is 5.75 Å². The van der Waals surface area contributed by atoms with E-state index >= 15 is 0 Å². The van der Waals surface area contributed by atoms with Gasteiger partial charge in [0.05, 0.1) is 17.6 Å². The molecule has 0 amide bonds. The van der Waals surface area contributed by atoms with E-state index in [0.717, 1.165) is 0 Å². The molecule has 1 aromatic carbocycles. The van der Waals surface area contributed by atoms with E-state index in [9.17, 15) is 10.1 Å². The van der Waals surface area contributed by atoms with Crippen LogP contribution in [-0.4, -0.2) is 11.5 Å². The maximum Gasteiger partial charge on any atom is 0.282 e. The molecule has 0 atom stereocenters.